The zero-order valence-electron chi connectivity index (χ0n) is 18.4. The van der Waals surface area contributed by atoms with Crippen LogP contribution in [0.4, 0.5) is 5.69 Å². The summed E-state index contributed by atoms with van der Waals surface area (Å²) in [7, 11) is 1.62. The minimum absolute atomic E-state index is 0.212. The monoisotopic (exact) mass is 429 g/mol. The predicted octanol–water partition coefficient (Wildman–Crippen LogP) is 3.63. The highest BCUT2D eigenvalue weighted by atomic mass is 16.5. The van der Waals surface area contributed by atoms with E-state index in [9.17, 15) is 9.59 Å². The van der Waals surface area contributed by atoms with Crippen molar-refractivity contribution < 1.29 is 14.3 Å². The highest BCUT2D eigenvalue weighted by Crippen LogP contribution is 2.42. The second-order valence-corrected chi connectivity index (χ2v) is 8.12. The summed E-state index contributed by atoms with van der Waals surface area (Å²) >= 11 is 0. The molecule has 0 aromatic heterocycles. The van der Waals surface area contributed by atoms with Gasteiger partial charge in [-0.1, -0.05) is 74.5 Å². The number of ether oxygens (including phenoxy) is 1. The molecule has 32 heavy (non-hydrogen) atoms. The average Bonchev–Trinajstić information content (AvgIpc) is 2.94. The van der Waals surface area contributed by atoms with Gasteiger partial charge in [-0.15, -0.1) is 0 Å². The molecule has 0 radical (unpaired) electrons. The van der Waals surface area contributed by atoms with E-state index < -0.39 is 11.7 Å². The number of anilines is 1. The van der Waals surface area contributed by atoms with Crippen LogP contribution in [0.3, 0.4) is 0 Å². The summed E-state index contributed by atoms with van der Waals surface area (Å²) in [6.45, 7) is 3.59. The van der Waals surface area contributed by atoms with Gasteiger partial charge in [0.2, 0.25) is 5.91 Å². The molecule has 0 fully saturated rings. The number of nitrogens with one attached hydrogen (secondary N) is 3. The maximum absolute atomic E-state index is 13.2. The van der Waals surface area contributed by atoms with Crippen LogP contribution in [0.5, 0.6) is 5.75 Å². The number of fused-ring (bicyclic) bond motifs is 1. The van der Waals surface area contributed by atoms with E-state index in [0.29, 0.717) is 11.4 Å². The van der Waals surface area contributed by atoms with E-state index in [0.717, 1.165) is 16.7 Å². The van der Waals surface area contributed by atoms with E-state index in [-0.39, 0.29) is 17.7 Å². The van der Waals surface area contributed by atoms with Gasteiger partial charge in [-0.25, -0.2) is 0 Å². The molecule has 0 aliphatic carbocycles. The summed E-state index contributed by atoms with van der Waals surface area (Å²) in [6, 6.07) is 25.3. The lowest BCUT2D eigenvalue weighted by Crippen LogP contribution is -2.59. The summed E-state index contributed by atoms with van der Waals surface area (Å²) in [6.07, 6.45) is -0.955. The van der Waals surface area contributed by atoms with Gasteiger partial charge >= 0.3 is 0 Å². The number of para-hydroxylation sites is 1. The van der Waals surface area contributed by atoms with Crippen LogP contribution >= 0.6 is 0 Å². The van der Waals surface area contributed by atoms with Crippen LogP contribution in [-0.2, 0) is 15.1 Å². The molecule has 2 atom stereocenters. The minimum atomic E-state index is -0.955. The Morgan fingerprint density at radius 1 is 0.969 bits per heavy atom. The van der Waals surface area contributed by atoms with Crippen LogP contribution < -0.4 is 20.7 Å². The molecule has 0 saturated carbocycles. The van der Waals surface area contributed by atoms with E-state index in [1.54, 1.807) is 21.0 Å². The molecule has 2 unspecified atom stereocenters. The normalized spacial score (nSPS) is 20.1. The highest BCUT2D eigenvalue weighted by Gasteiger charge is 2.44. The second kappa shape index (κ2) is 8.85. The Kier molecular flexibility index (Phi) is 5.97. The van der Waals surface area contributed by atoms with E-state index in [4.69, 9.17) is 4.74 Å². The Balaban J connectivity index is 2.00. The van der Waals surface area contributed by atoms with Crippen molar-refractivity contribution in [2.45, 2.75) is 25.6 Å². The van der Waals surface area contributed by atoms with Crippen molar-refractivity contribution in [3.05, 3.63) is 95.6 Å². The summed E-state index contributed by atoms with van der Waals surface area (Å²) in [5, 5.41) is 9.37. The van der Waals surface area contributed by atoms with E-state index in [1.807, 2.05) is 78.9 Å². The third kappa shape index (κ3) is 3.85. The molecule has 3 aromatic carbocycles. The Labute approximate surface area is 188 Å². The molecule has 0 bridgehead atoms. The maximum Gasteiger partial charge on any atom is 0.262 e. The number of carbonyl (C=O) groups is 2. The van der Waals surface area contributed by atoms with Crippen molar-refractivity contribution >= 4 is 17.5 Å². The lowest BCUT2D eigenvalue weighted by Gasteiger charge is -2.38. The predicted molar refractivity (Wildman–Crippen MR) is 124 cm³/mol. The van der Waals surface area contributed by atoms with Gasteiger partial charge in [0.1, 0.15) is 5.75 Å². The third-order valence-corrected chi connectivity index (χ3v) is 5.73. The molecule has 6 nitrogen and oxygen atoms in total. The highest BCUT2D eigenvalue weighted by molar-refractivity contribution is 5.99. The zero-order chi connectivity index (χ0) is 22.7. The van der Waals surface area contributed by atoms with Gasteiger partial charge in [-0.2, -0.15) is 0 Å². The van der Waals surface area contributed by atoms with E-state index in [1.165, 1.54) is 0 Å². The number of methoxy groups -OCH3 is 1. The lowest BCUT2D eigenvalue weighted by atomic mass is 9.76. The number of hydrogen-bond donors (Lipinski definition) is 3. The van der Waals surface area contributed by atoms with E-state index >= 15 is 0 Å². The molecule has 4 rings (SSSR count). The molecule has 1 heterocycles. The Morgan fingerprint density at radius 2 is 1.66 bits per heavy atom. The van der Waals surface area contributed by atoms with Crippen LogP contribution in [0, 0.1) is 5.92 Å². The fourth-order valence-electron chi connectivity index (χ4n) is 4.08. The lowest BCUT2D eigenvalue weighted by molar-refractivity contribution is -0.129. The topological polar surface area (TPSA) is 79.5 Å². The van der Waals surface area contributed by atoms with Gasteiger partial charge in [0, 0.05) is 17.2 Å². The summed E-state index contributed by atoms with van der Waals surface area (Å²) in [5.41, 5.74) is 2.43. The second-order valence-electron chi connectivity index (χ2n) is 8.12. The quantitative estimate of drug-likeness (QED) is 0.579. The van der Waals surface area contributed by atoms with Crippen molar-refractivity contribution in [1.82, 2.24) is 10.6 Å². The van der Waals surface area contributed by atoms with Crippen LogP contribution in [0.2, 0.25) is 0 Å². The van der Waals surface area contributed by atoms with Crippen molar-refractivity contribution in [3.63, 3.8) is 0 Å². The summed E-state index contributed by atoms with van der Waals surface area (Å²) < 4.78 is 5.51. The number of carbonyl (C=O) groups excluding carboxylic acids is 2. The number of amides is 2. The number of rotatable bonds is 5. The Bertz CT molecular complexity index is 1130. The van der Waals surface area contributed by atoms with Crippen molar-refractivity contribution in [2.75, 3.05) is 12.4 Å². The van der Waals surface area contributed by atoms with Crippen molar-refractivity contribution in [1.29, 1.82) is 0 Å². The van der Waals surface area contributed by atoms with Gasteiger partial charge in [-0.05, 0) is 29.3 Å². The first-order valence-electron chi connectivity index (χ1n) is 10.6. The van der Waals surface area contributed by atoms with Crippen LogP contribution in [-0.4, -0.2) is 25.1 Å². The molecule has 0 saturated heterocycles. The first-order valence-corrected chi connectivity index (χ1v) is 10.6. The van der Waals surface area contributed by atoms with Crippen LogP contribution in [0.25, 0.3) is 0 Å². The Hall–Kier alpha value is -3.64. The van der Waals surface area contributed by atoms with Gasteiger partial charge in [0.25, 0.3) is 5.91 Å². The summed E-state index contributed by atoms with van der Waals surface area (Å²) in [4.78, 5) is 25.8. The van der Waals surface area contributed by atoms with Gasteiger partial charge in [-0.3, -0.25) is 14.9 Å². The SMILES string of the molecule is COc1cccc(C2(c3ccccc3)NC(NC(=O)C(C)C)C(=O)Nc3ccccc32)c1. The van der Waals surface area contributed by atoms with Crippen molar-refractivity contribution in [2.24, 2.45) is 5.92 Å². The van der Waals surface area contributed by atoms with Gasteiger partial charge < -0.3 is 15.4 Å². The molecule has 1 aliphatic rings. The standard InChI is InChI=1S/C26H27N3O3/c1-17(2)24(30)28-23-25(31)27-22-15-8-7-14-21(22)26(29-23,18-10-5-4-6-11-18)19-12-9-13-20(16-19)32-3/h4-17,23,29H,1-3H3,(H,27,31)(H,28,30). The zero-order valence-corrected chi connectivity index (χ0v) is 18.4. The largest absolute Gasteiger partial charge is 0.497 e. The molecular weight excluding hydrogens is 402 g/mol. The molecule has 1 aliphatic heterocycles. The van der Waals surface area contributed by atoms with Crippen molar-refractivity contribution in [3.8, 4) is 5.75 Å². The number of benzene rings is 3. The molecular formula is C26H27N3O3. The molecule has 3 aromatic rings. The molecule has 0 spiro atoms. The fourth-order valence-corrected chi connectivity index (χ4v) is 4.08. The number of hydrogen-bond acceptors (Lipinski definition) is 4. The summed E-state index contributed by atoms with van der Waals surface area (Å²) in [5.74, 6) is -0.107. The Morgan fingerprint density at radius 3 is 2.38 bits per heavy atom. The smallest absolute Gasteiger partial charge is 0.262 e. The van der Waals surface area contributed by atoms with Gasteiger partial charge in [0.15, 0.2) is 6.17 Å². The first-order chi connectivity index (χ1) is 15.5. The first kappa shape index (κ1) is 21.6. The molecule has 6 heteroatoms. The van der Waals surface area contributed by atoms with Gasteiger partial charge in [0.05, 0.1) is 12.6 Å². The fraction of sp³-hybridized carbons (Fsp3) is 0.231. The van der Waals surface area contributed by atoms with Crippen LogP contribution in [0.1, 0.15) is 30.5 Å². The van der Waals surface area contributed by atoms with E-state index in [2.05, 4.69) is 16.0 Å². The minimum Gasteiger partial charge on any atom is -0.497 e. The molecule has 164 valence electrons. The van der Waals surface area contributed by atoms with Crippen LogP contribution in [0.15, 0.2) is 78.9 Å². The maximum atomic E-state index is 13.2. The third-order valence-electron chi connectivity index (χ3n) is 5.73. The average molecular weight is 430 g/mol. The molecule has 2 amide bonds. The molecule has 3 N–H and O–H groups in total.